The number of aliphatic hydroxyl groups is 1. The van der Waals surface area contributed by atoms with Crippen molar-refractivity contribution in [3.8, 4) is 0 Å². The van der Waals surface area contributed by atoms with Crippen LogP contribution in [0, 0.1) is 0 Å². The molecule has 0 heterocycles. The summed E-state index contributed by atoms with van der Waals surface area (Å²) in [6, 6.07) is -3.17. The van der Waals surface area contributed by atoms with Crippen LogP contribution in [0.3, 0.4) is 0 Å². The maximum atomic E-state index is 11.6. The summed E-state index contributed by atoms with van der Waals surface area (Å²) in [7, 11) is 0. The van der Waals surface area contributed by atoms with E-state index in [1.165, 1.54) is 13.8 Å². The average Bonchev–Trinajstić information content (AvgIpc) is 2.43. The zero-order chi connectivity index (χ0) is 16.6. The van der Waals surface area contributed by atoms with Crippen molar-refractivity contribution in [2.75, 3.05) is 13.2 Å². The second-order valence-corrected chi connectivity index (χ2v) is 4.36. The minimum absolute atomic E-state index is 0.428. The first-order valence-electron chi connectivity index (χ1n) is 6.15. The van der Waals surface area contributed by atoms with Gasteiger partial charge in [-0.3, -0.25) is 19.2 Å². The second-order valence-electron chi connectivity index (χ2n) is 4.36. The van der Waals surface area contributed by atoms with Gasteiger partial charge in [0, 0.05) is 0 Å². The van der Waals surface area contributed by atoms with E-state index in [9.17, 15) is 19.2 Å². The molecule has 3 amide bonds. The van der Waals surface area contributed by atoms with Crippen molar-refractivity contribution in [1.82, 2.24) is 16.0 Å². The summed E-state index contributed by atoms with van der Waals surface area (Å²) < 4.78 is 0. The third-order valence-corrected chi connectivity index (χ3v) is 2.46. The molecule has 3 unspecified atom stereocenters. The topological polar surface area (TPSA) is 171 Å². The molecule has 3 atom stereocenters. The molecule has 21 heavy (non-hydrogen) atoms. The summed E-state index contributed by atoms with van der Waals surface area (Å²) in [4.78, 5) is 44.8. The third kappa shape index (κ3) is 7.22. The Balaban J connectivity index is 4.16. The van der Waals surface area contributed by atoms with Crippen molar-refractivity contribution in [3.05, 3.63) is 0 Å². The van der Waals surface area contributed by atoms with Gasteiger partial charge in [0.05, 0.1) is 13.2 Å². The highest BCUT2D eigenvalue weighted by molar-refractivity contribution is 5.92. The van der Waals surface area contributed by atoms with Crippen molar-refractivity contribution < 1.29 is 29.4 Å². The van der Waals surface area contributed by atoms with Gasteiger partial charge in [0.2, 0.25) is 17.7 Å². The fourth-order valence-electron chi connectivity index (χ4n) is 1.14. The Hall–Kier alpha value is -2.20. The van der Waals surface area contributed by atoms with Gasteiger partial charge < -0.3 is 31.9 Å². The maximum absolute atomic E-state index is 11.6. The zero-order valence-corrected chi connectivity index (χ0v) is 11.8. The molecule has 120 valence electrons. The van der Waals surface area contributed by atoms with E-state index in [2.05, 4.69) is 16.0 Å². The van der Waals surface area contributed by atoms with Crippen molar-refractivity contribution in [2.24, 2.45) is 5.73 Å². The summed E-state index contributed by atoms with van der Waals surface area (Å²) in [6.45, 7) is 1.66. The van der Waals surface area contributed by atoms with Gasteiger partial charge in [0.25, 0.3) is 0 Å². The molecule has 10 heteroatoms. The molecule has 0 aromatic rings. The number of hydrogen-bond acceptors (Lipinski definition) is 6. The SMILES string of the molecule is CC(NC(=O)CNC(=O)C(C)NC(=O)C(N)CO)C(=O)O. The van der Waals surface area contributed by atoms with Crippen LogP contribution in [0.5, 0.6) is 0 Å². The van der Waals surface area contributed by atoms with Crippen LogP contribution in [0.1, 0.15) is 13.8 Å². The van der Waals surface area contributed by atoms with Crippen LogP contribution in [0.25, 0.3) is 0 Å². The Labute approximate surface area is 121 Å². The average molecular weight is 304 g/mol. The number of nitrogens with one attached hydrogen (secondary N) is 3. The van der Waals surface area contributed by atoms with Gasteiger partial charge in [-0.05, 0) is 13.8 Å². The number of rotatable bonds is 8. The maximum Gasteiger partial charge on any atom is 0.325 e. The number of carbonyl (C=O) groups is 4. The molecular formula is C11H20N4O6. The van der Waals surface area contributed by atoms with E-state index >= 15 is 0 Å². The van der Waals surface area contributed by atoms with E-state index in [1.807, 2.05) is 0 Å². The molecule has 0 aliphatic carbocycles. The number of carboxylic acids is 1. The quantitative estimate of drug-likeness (QED) is 0.270. The highest BCUT2D eigenvalue weighted by Crippen LogP contribution is 1.86. The molecular weight excluding hydrogens is 284 g/mol. The normalized spacial score (nSPS) is 14.5. The molecule has 10 nitrogen and oxygen atoms in total. The van der Waals surface area contributed by atoms with Crippen LogP contribution < -0.4 is 21.7 Å². The molecule has 0 rings (SSSR count). The number of aliphatic hydroxyl groups excluding tert-OH is 1. The lowest BCUT2D eigenvalue weighted by Crippen LogP contribution is -2.52. The van der Waals surface area contributed by atoms with Crippen LogP contribution in [0.4, 0.5) is 0 Å². The molecule has 0 aromatic heterocycles. The smallest absolute Gasteiger partial charge is 0.325 e. The Morgan fingerprint density at radius 3 is 2.10 bits per heavy atom. The van der Waals surface area contributed by atoms with E-state index in [1.54, 1.807) is 0 Å². The van der Waals surface area contributed by atoms with Crippen molar-refractivity contribution in [2.45, 2.75) is 32.0 Å². The lowest BCUT2D eigenvalue weighted by atomic mass is 10.2. The predicted octanol–water partition coefficient (Wildman–Crippen LogP) is -3.48. The first kappa shape index (κ1) is 18.8. The second kappa shape index (κ2) is 8.87. The number of nitrogens with two attached hydrogens (primary N) is 1. The first-order valence-corrected chi connectivity index (χ1v) is 6.15. The van der Waals surface area contributed by atoms with Crippen molar-refractivity contribution in [1.29, 1.82) is 0 Å². The number of hydrogen-bond donors (Lipinski definition) is 6. The van der Waals surface area contributed by atoms with E-state index in [0.717, 1.165) is 0 Å². The molecule has 0 aromatic carbocycles. The fourth-order valence-corrected chi connectivity index (χ4v) is 1.14. The Morgan fingerprint density at radius 1 is 1.05 bits per heavy atom. The highest BCUT2D eigenvalue weighted by Gasteiger charge is 2.20. The Bertz CT molecular complexity index is 414. The van der Waals surface area contributed by atoms with Crippen LogP contribution in [0.2, 0.25) is 0 Å². The number of carbonyl (C=O) groups excluding carboxylic acids is 3. The van der Waals surface area contributed by atoms with Gasteiger partial charge in [-0.2, -0.15) is 0 Å². The molecule has 0 saturated heterocycles. The molecule has 0 spiro atoms. The number of aliphatic carboxylic acids is 1. The largest absolute Gasteiger partial charge is 0.480 e. The summed E-state index contributed by atoms with van der Waals surface area (Å²) in [6.07, 6.45) is 0. The summed E-state index contributed by atoms with van der Waals surface area (Å²) >= 11 is 0. The van der Waals surface area contributed by atoms with Crippen LogP contribution in [-0.2, 0) is 19.2 Å². The molecule has 0 saturated carbocycles. The minimum atomic E-state index is -1.20. The van der Waals surface area contributed by atoms with Crippen LogP contribution in [-0.4, -0.2) is 65.2 Å². The third-order valence-electron chi connectivity index (χ3n) is 2.46. The van der Waals surface area contributed by atoms with Crippen LogP contribution >= 0.6 is 0 Å². The predicted molar refractivity (Wildman–Crippen MR) is 70.9 cm³/mol. The van der Waals surface area contributed by atoms with Gasteiger partial charge >= 0.3 is 5.97 Å². The lowest BCUT2D eigenvalue weighted by molar-refractivity contribution is -0.141. The van der Waals surface area contributed by atoms with E-state index in [4.69, 9.17) is 15.9 Å². The molecule has 7 N–H and O–H groups in total. The van der Waals surface area contributed by atoms with E-state index in [0.29, 0.717) is 0 Å². The minimum Gasteiger partial charge on any atom is -0.480 e. The van der Waals surface area contributed by atoms with E-state index in [-0.39, 0.29) is 0 Å². The summed E-state index contributed by atoms with van der Waals surface area (Å²) in [5, 5.41) is 23.9. The molecule has 0 aliphatic rings. The molecule has 0 aliphatic heterocycles. The Kier molecular flexibility index (Phi) is 7.94. The van der Waals surface area contributed by atoms with Gasteiger partial charge in [0.15, 0.2) is 0 Å². The van der Waals surface area contributed by atoms with Crippen molar-refractivity contribution >= 4 is 23.7 Å². The van der Waals surface area contributed by atoms with E-state index < -0.39 is 55.0 Å². The van der Waals surface area contributed by atoms with Gasteiger partial charge in [-0.25, -0.2) is 0 Å². The molecule has 0 bridgehead atoms. The molecule has 0 radical (unpaired) electrons. The standard InChI is InChI=1S/C11H20N4O6/c1-5(15-10(19)7(12)4-16)9(18)13-3-8(17)14-6(2)11(20)21/h5-7,16H,3-4,12H2,1-2H3,(H,13,18)(H,14,17)(H,15,19)(H,20,21). The van der Waals surface area contributed by atoms with Gasteiger partial charge in [-0.1, -0.05) is 0 Å². The van der Waals surface area contributed by atoms with Gasteiger partial charge in [0.1, 0.15) is 18.1 Å². The van der Waals surface area contributed by atoms with Crippen LogP contribution in [0.15, 0.2) is 0 Å². The highest BCUT2D eigenvalue weighted by atomic mass is 16.4. The summed E-state index contributed by atoms with van der Waals surface area (Å²) in [5.41, 5.74) is 5.26. The number of amides is 3. The first-order chi connectivity index (χ1) is 9.68. The van der Waals surface area contributed by atoms with Gasteiger partial charge in [-0.15, -0.1) is 0 Å². The zero-order valence-electron chi connectivity index (χ0n) is 11.8. The van der Waals surface area contributed by atoms with Crippen molar-refractivity contribution in [3.63, 3.8) is 0 Å². The fraction of sp³-hybridized carbons (Fsp3) is 0.636. The summed E-state index contributed by atoms with van der Waals surface area (Å²) in [5.74, 6) is -3.23. The monoisotopic (exact) mass is 304 g/mol. The molecule has 0 fully saturated rings. The lowest BCUT2D eigenvalue weighted by Gasteiger charge is -2.16. The number of carboxylic acid groups (broad SMARTS) is 1. The Morgan fingerprint density at radius 2 is 1.62 bits per heavy atom.